The average Bonchev–Trinajstić information content (AvgIpc) is 2.46. The molecule has 0 spiro atoms. The van der Waals surface area contributed by atoms with E-state index >= 15 is 0 Å². The monoisotopic (exact) mass is 294 g/mol. The fourth-order valence-corrected chi connectivity index (χ4v) is 4.88. The third-order valence-electron chi connectivity index (χ3n) is 4.22. The fourth-order valence-electron chi connectivity index (χ4n) is 3.20. The minimum absolute atomic E-state index is 0.257. The van der Waals surface area contributed by atoms with Crippen LogP contribution in [0.4, 0.5) is 11.4 Å². The van der Waals surface area contributed by atoms with Crippen molar-refractivity contribution < 1.29 is 8.42 Å². The number of rotatable bonds is 4. The summed E-state index contributed by atoms with van der Waals surface area (Å²) in [6.45, 7) is 4.47. The Hall–Kier alpha value is -1.23. The Labute approximate surface area is 121 Å². The molecule has 0 amide bonds. The summed E-state index contributed by atoms with van der Waals surface area (Å²) in [6.07, 6.45) is 3.87. The Balaban J connectivity index is 2.00. The Morgan fingerprint density at radius 2 is 2.05 bits per heavy atom. The molecule has 5 heteroatoms. The molecule has 1 aromatic rings. The van der Waals surface area contributed by atoms with E-state index in [-0.39, 0.29) is 5.75 Å². The van der Waals surface area contributed by atoms with Gasteiger partial charge in [0, 0.05) is 13.1 Å². The maximum absolute atomic E-state index is 12.5. The minimum Gasteiger partial charge on any atom is -0.368 e. The quantitative estimate of drug-likeness (QED) is 0.856. The third kappa shape index (κ3) is 2.28. The lowest BCUT2D eigenvalue weighted by Crippen LogP contribution is -2.46. The summed E-state index contributed by atoms with van der Waals surface area (Å²) >= 11 is 0. The highest BCUT2D eigenvalue weighted by molar-refractivity contribution is 7.92. The molecule has 0 aliphatic carbocycles. The molecule has 0 saturated carbocycles. The van der Waals surface area contributed by atoms with Crippen molar-refractivity contribution in [3.63, 3.8) is 0 Å². The predicted octanol–water partition coefficient (Wildman–Crippen LogP) is 2.39. The van der Waals surface area contributed by atoms with E-state index in [9.17, 15) is 8.42 Å². The van der Waals surface area contributed by atoms with Crippen LogP contribution < -0.4 is 9.21 Å². The number of aryl methyl sites for hydroxylation is 1. The normalized spacial score (nSPS) is 18.1. The van der Waals surface area contributed by atoms with Gasteiger partial charge in [-0.3, -0.25) is 4.31 Å². The summed E-state index contributed by atoms with van der Waals surface area (Å²) in [5, 5.41) is 0. The second-order valence-electron chi connectivity index (χ2n) is 5.62. The van der Waals surface area contributed by atoms with Gasteiger partial charge in [0.05, 0.1) is 23.7 Å². The standard InChI is InChI=1S/C15H22N2O2S/c1-2-3-12-20(18,19)17-11-10-16-9-5-7-13-6-4-8-14(17)15(13)16/h4,6,8H,2-3,5,7,9-12H2,1H3. The molecule has 2 heterocycles. The van der Waals surface area contributed by atoms with Crippen LogP contribution in [0.15, 0.2) is 18.2 Å². The zero-order valence-electron chi connectivity index (χ0n) is 12.0. The second-order valence-corrected chi connectivity index (χ2v) is 7.63. The number of anilines is 2. The summed E-state index contributed by atoms with van der Waals surface area (Å²) in [6, 6.07) is 6.08. The molecule has 0 radical (unpaired) electrons. The lowest BCUT2D eigenvalue weighted by atomic mass is 9.99. The number of hydrogen-bond acceptors (Lipinski definition) is 3. The molecule has 0 fully saturated rings. The van der Waals surface area contributed by atoms with Crippen LogP contribution in [-0.4, -0.2) is 33.8 Å². The summed E-state index contributed by atoms with van der Waals surface area (Å²) in [4.78, 5) is 2.35. The molecule has 1 aromatic carbocycles. The van der Waals surface area contributed by atoms with Crippen LogP contribution in [0, 0.1) is 0 Å². The summed E-state index contributed by atoms with van der Waals surface area (Å²) in [7, 11) is -3.18. The Kier molecular flexibility index (Phi) is 3.63. The number of unbranched alkanes of at least 4 members (excludes halogenated alkanes) is 1. The van der Waals surface area contributed by atoms with Crippen molar-refractivity contribution in [3.05, 3.63) is 23.8 Å². The van der Waals surface area contributed by atoms with Gasteiger partial charge in [-0.1, -0.05) is 25.5 Å². The summed E-state index contributed by atoms with van der Waals surface area (Å²) < 4.78 is 26.7. The molecule has 4 nitrogen and oxygen atoms in total. The van der Waals surface area contributed by atoms with Crippen LogP contribution in [0.2, 0.25) is 0 Å². The van der Waals surface area contributed by atoms with Crippen molar-refractivity contribution in [2.24, 2.45) is 0 Å². The molecule has 0 saturated heterocycles. The van der Waals surface area contributed by atoms with E-state index in [1.807, 2.05) is 19.1 Å². The first-order valence-corrected chi connectivity index (χ1v) is 9.11. The van der Waals surface area contributed by atoms with Gasteiger partial charge in [0.1, 0.15) is 0 Å². The van der Waals surface area contributed by atoms with Gasteiger partial charge in [0.2, 0.25) is 10.0 Å². The molecule has 0 N–H and O–H groups in total. The molecule has 0 bridgehead atoms. The van der Waals surface area contributed by atoms with Gasteiger partial charge in [-0.2, -0.15) is 0 Å². The average molecular weight is 294 g/mol. The molecule has 2 aliphatic heterocycles. The van der Waals surface area contributed by atoms with E-state index in [1.165, 1.54) is 12.0 Å². The van der Waals surface area contributed by atoms with E-state index < -0.39 is 10.0 Å². The molecule has 20 heavy (non-hydrogen) atoms. The maximum Gasteiger partial charge on any atom is 0.235 e. The SMILES string of the molecule is CCCCS(=O)(=O)N1CCN2CCCc3cccc1c32. The molecular formula is C15H22N2O2S. The first kappa shape index (κ1) is 13.7. The lowest BCUT2D eigenvalue weighted by molar-refractivity contribution is 0.582. The Morgan fingerprint density at radius 1 is 1.20 bits per heavy atom. The van der Waals surface area contributed by atoms with Gasteiger partial charge in [-0.15, -0.1) is 0 Å². The van der Waals surface area contributed by atoms with Crippen molar-refractivity contribution in [2.75, 3.05) is 34.6 Å². The zero-order valence-corrected chi connectivity index (χ0v) is 12.8. The predicted molar refractivity (Wildman–Crippen MR) is 83.0 cm³/mol. The van der Waals surface area contributed by atoms with Crippen molar-refractivity contribution in [3.8, 4) is 0 Å². The summed E-state index contributed by atoms with van der Waals surface area (Å²) in [5.41, 5.74) is 3.35. The number of benzene rings is 1. The first-order chi connectivity index (χ1) is 9.63. The van der Waals surface area contributed by atoms with E-state index in [2.05, 4.69) is 11.0 Å². The fraction of sp³-hybridized carbons (Fsp3) is 0.600. The van der Waals surface area contributed by atoms with Crippen molar-refractivity contribution in [2.45, 2.75) is 32.6 Å². The number of nitrogens with zero attached hydrogens (tertiary/aromatic N) is 2. The molecule has 0 unspecified atom stereocenters. The minimum atomic E-state index is -3.18. The van der Waals surface area contributed by atoms with Gasteiger partial charge in [-0.05, 0) is 30.9 Å². The van der Waals surface area contributed by atoms with E-state index in [0.29, 0.717) is 6.54 Å². The van der Waals surface area contributed by atoms with E-state index in [0.717, 1.165) is 43.7 Å². The highest BCUT2D eigenvalue weighted by atomic mass is 32.2. The van der Waals surface area contributed by atoms with Crippen LogP contribution in [0.25, 0.3) is 0 Å². The molecule has 0 aromatic heterocycles. The van der Waals surface area contributed by atoms with Gasteiger partial charge in [-0.25, -0.2) is 8.42 Å². The molecular weight excluding hydrogens is 272 g/mol. The Bertz CT molecular complexity index is 598. The topological polar surface area (TPSA) is 40.6 Å². The highest BCUT2D eigenvalue weighted by Gasteiger charge is 2.32. The van der Waals surface area contributed by atoms with Crippen LogP contribution in [0.5, 0.6) is 0 Å². The lowest BCUT2D eigenvalue weighted by Gasteiger charge is -2.41. The highest BCUT2D eigenvalue weighted by Crippen LogP contribution is 2.40. The number of hydrogen-bond donors (Lipinski definition) is 0. The van der Waals surface area contributed by atoms with E-state index in [4.69, 9.17) is 0 Å². The number of para-hydroxylation sites is 1. The van der Waals surface area contributed by atoms with Crippen LogP contribution in [0.1, 0.15) is 31.7 Å². The van der Waals surface area contributed by atoms with Gasteiger partial charge in [0.15, 0.2) is 0 Å². The van der Waals surface area contributed by atoms with Crippen LogP contribution >= 0.6 is 0 Å². The molecule has 2 aliphatic rings. The van der Waals surface area contributed by atoms with E-state index in [1.54, 1.807) is 4.31 Å². The molecule has 110 valence electrons. The molecule has 3 rings (SSSR count). The third-order valence-corrected chi connectivity index (χ3v) is 6.08. The van der Waals surface area contributed by atoms with Crippen molar-refractivity contribution in [1.29, 1.82) is 0 Å². The largest absolute Gasteiger partial charge is 0.368 e. The number of sulfonamides is 1. The summed E-state index contributed by atoms with van der Waals surface area (Å²) in [5.74, 6) is 0.257. The van der Waals surface area contributed by atoms with Gasteiger partial charge < -0.3 is 4.90 Å². The van der Waals surface area contributed by atoms with Crippen LogP contribution in [0.3, 0.4) is 0 Å². The van der Waals surface area contributed by atoms with Crippen LogP contribution in [-0.2, 0) is 16.4 Å². The second kappa shape index (κ2) is 5.28. The molecule has 0 atom stereocenters. The first-order valence-electron chi connectivity index (χ1n) is 7.51. The maximum atomic E-state index is 12.5. The van der Waals surface area contributed by atoms with Gasteiger partial charge >= 0.3 is 0 Å². The zero-order chi connectivity index (χ0) is 14.2. The van der Waals surface area contributed by atoms with Crippen molar-refractivity contribution in [1.82, 2.24) is 0 Å². The Morgan fingerprint density at radius 3 is 2.85 bits per heavy atom. The van der Waals surface area contributed by atoms with Gasteiger partial charge in [0.25, 0.3) is 0 Å². The van der Waals surface area contributed by atoms with Crippen molar-refractivity contribution >= 4 is 21.4 Å². The smallest absolute Gasteiger partial charge is 0.235 e.